The second kappa shape index (κ2) is 6.79. The zero-order chi connectivity index (χ0) is 15.2. The fraction of sp³-hybridized carbons (Fsp3) is 0.235. The van der Waals surface area contributed by atoms with Crippen molar-refractivity contribution in [2.45, 2.75) is 13.3 Å². The Morgan fingerprint density at radius 2 is 1.90 bits per heavy atom. The minimum atomic E-state index is -0.0369. The van der Waals surface area contributed by atoms with Gasteiger partial charge >= 0.3 is 0 Å². The van der Waals surface area contributed by atoms with Gasteiger partial charge in [-0.25, -0.2) is 0 Å². The molecule has 4 nitrogen and oxygen atoms in total. The number of carbonyl (C=O) groups excluding carboxylic acids is 1. The van der Waals surface area contributed by atoms with E-state index in [1.165, 1.54) is 0 Å². The number of hydrogen-bond acceptors (Lipinski definition) is 3. The summed E-state index contributed by atoms with van der Waals surface area (Å²) in [5.74, 6) is 0.697. The van der Waals surface area contributed by atoms with Crippen LogP contribution in [0.4, 0.5) is 11.4 Å². The highest BCUT2D eigenvalue weighted by Gasteiger charge is 2.17. The first-order chi connectivity index (χ1) is 10.2. The molecule has 0 fully saturated rings. The van der Waals surface area contributed by atoms with Gasteiger partial charge in [0, 0.05) is 23.5 Å². The number of amides is 1. The summed E-state index contributed by atoms with van der Waals surface area (Å²) in [5.41, 5.74) is 7.91. The summed E-state index contributed by atoms with van der Waals surface area (Å²) in [6.07, 6.45) is 0.872. The molecule has 21 heavy (non-hydrogen) atoms. The predicted molar refractivity (Wildman–Crippen MR) is 85.8 cm³/mol. The van der Waals surface area contributed by atoms with Gasteiger partial charge in [0.2, 0.25) is 0 Å². The Bertz CT molecular complexity index is 608. The van der Waals surface area contributed by atoms with Crippen LogP contribution in [0.25, 0.3) is 0 Å². The van der Waals surface area contributed by atoms with E-state index in [0.29, 0.717) is 17.8 Å². The molecule has 0 radical (unpaired) electrons. The minimum absolute atomic E-state index is 0.0369. The Morgan fingerprint density at radius 1 is 1.19 bits per heavy atom. The lowest BCUT2D eigenvalue weighted by Gasteiger charge is -2.22. The quantitative estimate of drug-likeness (QED) is 0.857. The minimum Gasteiger partial charge on any atom is -0.497 e. The van der Waals surface area contributed by atoms with Crippen LogP contribution in [0.2, 0.25) is 0 Å². The van der Waals surface area contributed by atoms with Crippen LogP contribution in [0.1, 0.15) is 23.7 Å². The molecule has 0 atom stereocenters. The average molecular weight is 284 g/mol. The van der Waals surface area contributed by atoms with Gasteiger partial charge in [0.25, 0.3) is 5.91 Å². The van der Waals surface area contributed by atoms with E-state index in [1.54, 1.807) is 36.3 Å². The summed E-state index contributed by atoms with van der Waals surface area (Å²) in [4.78, 5) is 14.4. The molecule has 0 heterocycles. The molecule has 0 spiro atoms. The van der Waals surface area contributed by atoms with Gasteiger partial charge < -0.3 is 15.4 Å². The number of rotatable bonds is 5. The fourth-order valence-electron chi connectivity index (χ4n) is 2.15. The molecule has 0 aliphatic carbocycles. The maximum atomic E-state index is 12.7. The van der Waals surface area contributed by atoms with Crippen molar-refractivity contribution in [3.63, 3.8) is 0 Å². The van der Waals surface area contributed by atoms with Gasteiger partial charge in [-0.2, -0.15) is 0 Å². The van der Waals surface area contributed by atoms with Gasteiger partial charge in [-0.05, 0) is 48.9 Å². The third kappa shape index (κ3) is 3.54. The predicted octanol–water partition coefficient (Wildman–Crippen LogP) is 3.33. The van der Waals surface area contributed by atoms with Crippen LogP contribution in [-0.4, -0.2) is 19.6 Å². The van der Waals surface area contributed by atoms with E-state index in [9.17, 15) is 4.79 Å². The van der Waals surface area contributed by atoms with Gasteiger partial charge in [-0.3, -0.25) is 4.79 Å². The van der Waals surface area contributed by atoms with E-state index in [1.807, 2.05) is 31.2 Å². The van der Waals surface area contributed by atoms with Gasteiger partial charge in [0.15, 0.2) is 0 Å². The fourth-order valence-corrected chi connectivity index (χ4v) is 2.15. The molecule has 0 aliphatic rings. The summed E-state index contributed by atoms with van der Waals surface area (Å²) in [7, 11) is 1.60. The molecular formula is C17H20N2O2. The van der Waals surface area contributed by atoms with Crippen LogP contribution in [0, 0.1) is 0 Å². The first-order valence-electron chi connectivity index (χ1n) is 6.97. The average Bonchev–Trinajstić information content (AvgIpc) is 2.52. The van der Waals surface area contributed by atoms with Crippen molar-refractivity contribution in [3.8, 4) is 5.75 Å². The molecule has 2 aromatic carbocycles. The molecule has 0 aliphatic heterocycles. The second-order valence-electron chi connectivity index (χ2n) is 4.78. The molecule has 2 N–H and O–H groups in total. The van der Waals surface area contributed by atoms with Gasteiger partial charge in [0.05, 0.1) is 7.11 Å². The molecule has 0 unspecified atom stereocenters. The molecular weight excluding hydrogens is 264 g/mol. The van der Waals surface area contributed by atoms with E-state index in [2.05, 4.69) is 0 Å². The lowest BCUT2D eigenvalue weighted by Crippen LogP contribution is -2.31. The highest BCUT2D eigenvalue weighted by atomic mass is 16.5. The number of methoxy groups -OCH3 is 1. The van der Waals surface area contributed by atoms with Crippen molar-refractivity contribution in [1.82, 2.24) is 0 Å². The Morgan fingerprint density at radius 3 is 2.48 bits per heavy atom. The van der Waals surface area contributed by atoms with Gasteiger partial charge in [-0.15, -0.1) is 0 Å². The van der Waals surface area contributed by atoms with Crippen molar-refractivity contribution in [2.24, 2.45) is 0 Å². The number of nitrogens with zero attached hydrogens (tertiary/aromatic N) is 1. The lowest BCUT2D eigenvalue weighted by molar-refractivity contribution is 0.0987. The molecule has 1 amide bonds. The Balaban J connectivity index is 2.30. The third-order valence-electron chi connectivity index (χ3n) is 3.21. The standard InChI is InChI=1S/C17H20N2O2/c1-3-11-19(15-6-4-5-14(18)12-15)17(20)13-7-9-16(21-2)10-8-13/h4-10,12H,3,11,18H2,1-2H3. The third-order valence-corrected chi connectivity index (χ3v) is 3.21. The smallest absolute Gasteiger partial charge is 0.258 e. The summed E-state index contributed by atoms with van der Waals surface area (Å²) in [6.45, 7) is 2.69. The zero-order valence-corrected chi connectivity index (χ0v) is 12.4. The van der Waals surface area contributed by atoms with Crippen LogP contribution >= 0.6 is 0 Å². The molecule has 0 bridgehead atoms. The largest absolute Gasteiger partial charge is 0.497 e. The maximum absolute atomic E-state index is 12.7. The Hall–Kier alpha value is -2.49. The molecule has 4 heteroatoms. The molecule has 0 saturated heterocycles. The zero-order valence-electron chi connectivity index (χ0n) is 12.4. The van der Waals surface area contributed by atoms with E-state index in [4.69, 9.17) is 10.5 Å². The normalized spacial score (nSPS) is 10.2. The lowest BCUT2D eigenvalue weighted by atomic mass is 10.1. The number of ether oxygens (including phenoxy) is 1. The summed E-state index contributed by atoms with van der Waals surface area (Å²) in [5, 5.41) is 0. The molecule has 110 valence electrons. The molecule has 2 rings (SSSR count). The van der Waals surface area contributed by atoms with Crippen LogP contribution in [0.15, 0.2) is 48.5 Å². The number of anilines is 2. The van der Waals surface area contributed by atoms with E-state index >= 15 is 0 Å². The topological polar surface area (TPSA) is 55.6 Å². The number of hydrogen-bond donors (Lipinski definition) is 1. The van der Waals surface area contributed by atoms with Crippen molar-refractivity contribution in [2.75, 3.05) is 24.3 Å². The van der Waals surface area contributed by atoms with Crippen molar-refractivity contribution in [1.29, 1.82) is 0 Å². The highest BCUT2D eigenvalue weighted by Crippen LogP contribution is 2.21. The number of nitrogen functional groups attached to an aromatic ring is 1. The maximum Gasteiger partial charge on any atom is 0.258 e. The molecule has 0 saturated carbocycles. The van der Waals surface area contributed by atoms with Crippen LogP contribution in [0.3, 0.4) is 0 Å². The van der Waals surface area contributed by atoms with E-state index < -0.39 is 0 Å². The summed E-state index contributed by atoms with van der Waals surface area (Å²) >= 11 is 0. The van der Waals surface area contributed by atoms with Crippen molar-refractivity contribution in [3.05, 3.63) is 54.1 Å². The SMILES string of the molecule is CCCN(C(=O)c1ccc(OC)cc1)c1cccc(N)c1. The van der Waals surface area contributed by atoms with Crippen molar-refractivity contribution < 1.29 is 9.53 Å². The number of benzene rings is 2. The molecule has 2 aromatic rings. The van der Waals surface area contributed by atoms with Gasteiger partial charge in [-0.1, -0.05) is 13.0 Å². The second-order valence-corrected chi connectivity index (χ2v) is 4.78. The monoisotopic (exact) mass is 284 g/mol. The van der Waals surface area contributed by atoms with Crippen LogP contribution < -0.4 is 15.4 Å². The first-order valence-corrected chi connectivity index (χ1v) is 6.97. The first kappa shape index (κ1) is 14.9. The van der Waals surface area contributed by atoms with E-state index in [0.717, 1.165) is 17.9 Å². The summed E-state index contributed by atoms with van der Waals surface area (Å²) < 4.78 is 5.12. The van der Waals surface area contributed by atoms with E-state index in [-0.39, 0.29) is 5.91 Å². The number of nitrogens with two attached hydrogens (primary N) is 1. The number of carbonyl (C=O) groups is 1. The van der Waals surface area contributed by atoms with Gasteiger partial charge in [0.1, 0.15) is 5.75 Å². The van der Waals surface area contributed by atoms with Crippen LogP contribution in [0.5, 0.6) is 5.75 Å². The van der Waals surface area contributed by atoms with Crippen LogP contribution in [-0.2, 0) is 0 Å². The molecule has 0 aromatic heterocycles. The highest BCUT2D eigenvalue weighted by molar-refractivity contribution is 6.06. The Kier molecular flexibility index (Phi) is 4.82. The Labute approximate surface area is 125 Å². The van der Waals surface area contributed by atoms with Crippen molar-refractivity contribution >= 4 is 17.3 Å². The summed E-state index contributed by atoms with van der Waals surface area (Å²) in [6, 6.07) is 14.5.